The van der Waals surface area contributed by atoms with Crippen LogP contribution in [-0.2, 0) is 9.53 Å². The minimum Gasteiger partial charge on any atom is -0.383 e. The average Bonchev–Trinajstić information content (AvgIpc) is 2.27. The van der Waals surface area contributed by atoms with Gasteiger partial charge in [-0.3, -0.25) is 9.79 Å². The van der Waals surface area contributed by atoms with Gasteiger partial charge in [0, 0.05) is 18.9 Å². The normalized spacial score (nSPS) is 25.2. The molecule has 0 aliphatic carbocycles. The van der Waals surface area contributed by atoms with E-state index in [9.17, 15) is 4.79 Å². The van der Waals surface area contributed by atoms with Crippen molar-refractivity contribution >= 4 is 22.8 Å². The molecular formula is C12H23N3O2S. The second-order valence-electron chi connectivity index (χ2n) is 4.60. The topological polar surface area (TPSA) is 62.7 Å². The molecule has 1 aliphatic heterocycles. The van der Waals surface area contributed by atoms with Crippen LogP contribution in [0.5, 0.6) is 0 Å². The number of nitrogens with one attached hydrogen (secondary N) is 2. The fourth-order valence-corrected chi connectivity index (χ4v) is 3.00. The molecule has 0 spiro atoms. The molecule has 0 saturated heterocycles. The average molecular weight is 273 g/mol. The van der Waals surface area contributed by atoms with E-state index in [0.717, 1.165) is 11.6 Å². The molecule has 5 nitrogen and oxygen atoms in total. The monoisotopic (exact) mass is 273 g/mol. The fraction of sp³-hybridized carbons (Fsp3) is 0.833. The third-order valence-electron chi connectivity index (χ3n) is 2.66. The van der Waals surface area contributed by atoms with Crippen molar-refractivity contribution in [1.82, 2.24) is 10.6 Å². The largest absolute Gasteiger partial charge is 0.383 e. The van der Waals surface area contributed by atoms with Gasteiger partial charge in [-0.25, -0.2) is 0 Å². The molecule has 1 aliphatic rings. The van der Waals surface area contributed by atoms with Crippen molar-refractivity contribution in [3.05, 3.63) is 0 Å². The number of methoxy groups -OCH3 is 1. The number of carbonyl (C=O) groups excluding carboxylic acids is 1. The first-order chi connectivity index (χ1) is 8.52. The number of amidine groups is 1. The van der Waals surface area contributed by atoms with E-state index in [-0.39, 0.29) is 11.9 Å². The molecule has 3 atom stereocenters. The van der Waals surface area contributed by atoms with Gasteiger partial charge in [0.2, 0.25) is 5.91 Å². The maximum absolute atomic E-state index is 11.8. The Labute approximate surface area is 113 Å². The quantitative estimate of drug-likeness (QED) is 0.734. The Bertz CT molecular complexity index is 310. The molecule has 104 valence electrons. The van der Waals surface area contributed by atoms with E-state index in [4.69, 9.17) is 4.74 Å². The highest BCUT2D eigenvalue weighted by Gasteiger charge is 2.21. The van der Waals surface area contributed by atoms with Crippen LogP contribution in [-0.4, -0.2) is 48.7 Å². The zero-order valence-corrected chi connectivity index (χ0v) is 12.3. The van der Waals surface area contributed by atoms with Gasteiger partial charge in [-0.1, -0.05) is 18.7 Å². The molecule has 0 aromatic rings. The van der Waals surface area contributed by atoms with Crippen molar-refractivity contribution in [2.45, 2.75) is 44.5 Å². The summed E-state index contributed by atoms with van der Waals surface area (Å²) in [4.78, 5) is 16.3. The lowest BCUT2D eigenvalue weighted by molar-refractivity contribution is -0.122. The Balaban J connectivity index is 2.39. The first-order valence-corrected chi connectivity index (χ1v) is 7.18. The number of amides is 1. The zero-order chi connectivity index (χ0) is 13.5. The molecule has 3 unspecified atom stereocenters. The van der Waals surface area contributed by atoms with Crippen LogP contribution >= 0.6 is 11.8 Å². The number of hydrogen-bond acceptors (Lipinski definition) is 5. The molecule has 0 saturated carbocycles. The molecule has 0 aromatic heterocycles. The minimum atomic E-state index is -0.273. The highest BCUT2D eigenvalue weighted by molar-refractivity contribution is 8.14. The smallest absolute Gasteiger partial charge is 0.242 e. The number of ether oxygens (including phenoxy) is 1. The van der Waals surface area contributed by atoms with Crippen LogP contribution < -0.4 is 10.6 Å². The van der Waals surface area contributed by atoms with E-state index in [1.54, 1.807) is 18.9 Å². The summed E-state index contributed by atoms with van der Waals surface area (Å²) < 4.78 is 4.89. The fourth-order valence-electron chi connectivity index (χ4n) is 1.75. The molecule has 0 bridgehead atoms. The van der Waals surface area contributed by atoms with Crippen LogP contribution in [0, 0.1) is 0 Å². The lowest BCUT2D eigenvalue weighted by Crippen LogP contribution is -2.46. The minimum absolute atomic E-state index is 0.0266. The van der Waals surface area contributed by atoms with Gasteiger partial charge in [0.15, 0.2) is 5.17 Å². The zero-order valence-electron chi connectivity index (χ0n) is 11.5. The molecule has 1 heterocycles. The molecule has 1 amide bonds. The summed E-state index contributed by atoms with van der Waals surface area (Å²) in [7, 11) is 1.62. The van der Waals surface area contributed by atoms with E-state index < -0.39 is 0 Å². The number of carbonyl (C=O) groups is 1. The van der Waals surface area contributed by atoms with Crippen LogP contribution in [0.25, 0.3) is 0 Å². The lowest BCUT2D eigenvalue weighted by atomic mass is 10.2. The Hall–Kier alpha value is -0.750. The maximum Gasteiger partial charge on any atom is 0.242 e. The molecular weight excluding hydrogens is 250 g/mol. The van der Waals surface area contributed by atoms with Crippen molar-refractivity contribution in [2.24, 2.45) is 4.99 Å². The predicted octanol–water partition coefficient (Wildman–Crippen LogP) is 0.997. The van der Waals surface area contributed by atoms with Gasteiger partial charge < -0.3 is 15.4 Å². The first kappa shape index (κ1) is 15.3. The molecule has 0 radical (unpaired) electrons. The van der Waals surface area contributed by atoms with Crippen molar-refractivity contribution < 1.29 is 9.53 Å². The highest BCUT2D eigenvalue weighted by Crippen LogP contribution is 2.23. The van der Waals surface area contributed by atoms with Crippen LogP contribution in [0.15, 0.2) is 4.99 Å². The third kappa shape index (κ3) is 5.27. The molecule has 0 fully saturated rings. The van der Waals surface area contributed by atoms with Crippen LogP contribution in [0.3, 0.4) is 0 Å². The van der Waals surface area contributed by atoms with Gasteiger partial charge in [-0.2, -0.15) is 0 Å². The number of thioether (sulfide) groups is 1. The number of rotatable bonds is 5. The number of nitrogens with zero attached hydrogens (tertiary/aromatic N) is 1. The SMILES string of the molecule is COCCNC(=O)C(C)NC1=NC(C)CC(C)S1. The van der Waals surface area contributed by atoms with Crippen LogP contribution in [0.2, 0.25) is 0 Å². The Morgan fingerprint density at radius 2 is 2.33 bits per heavy atom. The summed E-state index contributed by atoms with van der Waals surface area (Å²) in [6, 6.07) is 0.0538. The van der Waals surface area contributed by atoms with E-state index in [0.29, 0.717) is 24.4 Å². The summed E-state index contributed by atoms with van der Waals surface area (Å²) in [5.41, 5.74) is 0. The van der Waals surface area contributed by atoms with Gasteiger partial charge >= 0.3 is 0 Å². The highest BCUT2D eigenvalue weighted by atomic mass is 32.2. The molecule has 1 rings (SSSR count). The summed E-state index contributed by atoms with van der Waals surface area (Å²) in [5, 5.41) is 7.39. The maximum atomic E-state index is 11.8. The molecule has 0 aromatic carbocycles. The van der Waals surface area contributed by atoms with E-state index in [2.05, 4.69) is 29.5 Å². The lowest BCUT2D eigenvalue weighted by Gasteiger charge is -2.25. The van der Waals surface area contributed by atoms with Gasteiger partial charge in [-0.05, 0) is 20.3 Å². The molecule has 18 heavy (non-hydrogen) atoms. The number of hydrogen-bond donors (Lipinski definition) is 2. The second kappa shape index (κ2) is 7.63. The number of aliphatic imine (C=N–C) groups is 1. The van der Waals surface area contributed by atoms with Crippen molar-refractivity contribution in [3.63, 3.8) is 0 Å². The van der Waals surface area contributed by atoms with Crippen molar-refractivity contribution in [1.29, 1.82) is 0 Å². The van der Waals surface area contributed by atoms with Gasteiger partial charge in [-0.15, -0.1) is 0 Å². The van der Waals surface area contributed by atoms with E-state index in [1.165, 1.54) is 0 Å². The first-order valence-electron chi connectivity index (χ1n) is 6.30. The predicted molar refractivity (Wildman–Crippen MR) is 76.1 cm³/mol. The van der Waals surface area contributed by atoms with Crippen LogP contribution in [0.4, 0.5) is 0 Å². The standard InChI is InChI=1S/C12H23N3O2S/c1-8-7-9(2)18-12(14-8)15-10(3)11(16)13-5-6-17-4/h8-10H,5-7H2,1-4H3,(H,13,16)(H,14,15). The van der Waals surface area contributed by atoms with Crippen molar-refractivity contribution in [3.8, 4) is 0 Å². The van der Waals surface area contributed by atoms with E-state index in [1.807, 2.05) is 6.92 Å². The summed E-state index contributed by atoms with van der Waals surface area (Å²) in [5.74, 6) is -0.0266. The van der Waals surface area contributed by atoms with Crippen molar-refractivity contribution in [2.75, 3.05) is 20.3 Å². The second-order valence-corrected chi connectivity index (χ2v) is 6.02. The Morgan fingerprint density at radius 3 is 2.94 bits per heavy atom. The van der Waals surface area contributed by atoms with Gasteiger partial charge in [0.1, 0.15) is 6.04 Å². The summed E-state index contributed by atoms with van der Waals surface area (Å²) >= 11 is 1.70. The van der Waals surface area contributed by atoms with E-state index >= 15 is 0 Å². The van der Waals surface area contributed by atoms with Crippen LogP contribution in [0.1, 0.15) is 27.2 Å². The Kier molecular flexibility index (Phi) is 6.49. The summed E-state index contributed by atoms with van der Waals surface area (Å²) in [6.45, 7) is 7.19. The summed E-state index contributed by atoms with van der Waals surface area (Å²) in [6.07, 6.45) is 1.09. The molecule has 6 heteroatoms. The molecule has 2 N–H and O–H groups in total. The van der Waals surface area contributed by atoms with Gasteiger partial charge in [0.25, 0.3) is 0 Å². The van der Waals surface area contributed by atoms with Gasteiger partial charge in [0.05, 0.1) is 12.6 Å². The third-order valence-corrected chi connectivity index (χ3v) is 3.70. The Morgan fingerprint density at radius 1 is 1.61 bits per heavy atom.